The molecule has 1 heterocycles. The highest BCUT2D eigenvalue weighted by Gasteiger charge is 2.17. The fraction of sp³-hybridized carbons (Fsp3) is 0.267. The zero-order valence-corrected chi connectivity index (χ0v) is 12.4. The van der Waals surface area contributed by atoms with Crippen molar-refractivity contribution in [1.29, 1.82) is 0 Å². The molecule has 1 aromatic carbocycles. The smallest absolute Gasteiger partial charge is 0.255 e. The predicted molar refractivity (Wildman–Crippen MR) is 79.3 cm³/mol. The first kappa shape index (κ1) is 15.7. The molecular weight excluding hydrogens is 287 g/mol. The minimum atomic E-state index is -0.428. The molecule has 1 aromatic heterocycles. The number of para-hydroxylation sites is 1. The molecule has 0 radical (unpaired) electrons. The second-order valence-electron chi connectivity index (χ2n) is 4.64. The molecule has 0 aliphatic rings. The summed E-state index contributed by atoms with van der Waals surface area (Å²) in [6.45, 7) is 3.85. The molecule has 22 heavy (non-hydrogen) atoms. The lowest BCUT2D eigenvalue weighted by molar-refractivity contribution is -0.120. The summed E-state index contributed by atoms with van der Waals surface area (Å²) in [6.07, 6.45) is 1.36. The molecule has 0 saturated carbocycles. The van der Waals surface area contributed by atoms with Gasteiger partial charge in [0.2, 0.25) is 5.91 Å². The summed E-state index contributed by atoms with van der Waals surface area (Å²) in [5.41, 5.74) is 1.06. The molecule has 0 aliphatic heterocycles. The van der Waals surface area contributed by atoms with Crippen LogP contribution in [0.15, 0.2) is 30.5 Å². The maximum atomic E-state index is 13.8. The van der Waals surface area contributed by atoms with Gasteiger partial charge in [0.25, 0.3) is 5.91 Å². The van der Waals surface area contributed by atoms with Gasteiger partial charge in [0, 0.05) is 6.54 Å². The quantitative estimate of drug-likeness (QED) is 0.871. The van der Waals surface area contributed by atoms with Gasteiger partial charge in [-0.3, -0.25) is 9.59 Å². The SMILES string of the molecule is CCNC(=O)CNC(=O)c1cnn(-c2ccccc2F)c1C. The van der Waals surface area contributed by atoms with Crippen LogP contribution in [0.3, 0.4) is 0 Å². The minimum absolute atomic E-state index is 0.114. The largest absolute Gasteiger partial charge is 0.355 e. The Kier molecular flexibility index (Phi) is 4.88. The highest BCUT2D eigenvalue weighted by Crippen LogP contribution is 2.16. The van der Waals surface area contributed by atoms with Crippen LogP contribution >= 0.6 is 0 Å². The Morgan fingerprint density at radius 3 is 2.68 bits per heavy atom. The summed E-state index contributed by atoms with van der Waals surface area (Å²) in [5.74, 6) is -1.12. The number of likely N-dealkylation sites (N-methyl/N-ethyl adjacent to an activating group) is 1. The fourth-order valence-corrected chi connectivity index (χ4v) is 2.01. The van der Waals surface area contributed by atoms with E-state index in [-0.39, 0.29) is 18.1 Å². The van der Waals surface area contributed by atoms with E-state index in [1.54, 1.807) is 32.0 Å². The second-order valence-corrected chi connectivity index (χ2v) is 4.64. The van der Waals surface area contributed by atoms with Crippen LogP contribution in [0.2, 0.25) is 0 Å². The summed E-state index contributed by atoms with van der Waals surface area (Å²) in [4.78, 5) is 23.4. The summed E-state index contributed by atoms with van der Waals surface area (Å²) < 4.78 is 15.1. The number of aromatic nitrogens is 2. The van der Waals surface area contributed by atoms with Crippen LogP contribution < -0.4 is 10.6 Å². The minimum Gasteiger partial charge on any atom is -0.355 e. The van der Waals surface area contributed by atoms with Crippen molar-refractivity contribution in [3.8, 4) is 5.69 Å². The van der Waals surface area contributed by atoms with Crippen molar-refractivity contribution >= 4 is 11.8 Å². The van der Waals surface area contributed by atoms with Crippen LogP contribution in [0.1, 0.15) is 23.0 Å². The molecule has 0 atom stereocenters. The van der Waals surface area contributed by atoms with E-state index in [1.807, 2.05) is 0 Å². The number of carbonyl (C=O) groups excluding carboxylic acids is 2. The van der Waals surface area contributed by atoms with Crippen molar-refractivity contribution in [2.24, 2.45) is 0 Å². The highest BCUT2D eigenvalue weighted by atomic mass is 19.1. The monoisotopic (exact) mass is 304 g/mol. The number of nitrogens with one attached hydrogen (secondary N) is 2. The van der Waals surface area contributed by atoms with Gasteiger partial charge in [0.1, 0.15) is 11.5 Å². The van der Waals surface area contributed by atoms with E-state index < -0.39 is 11.7 Å². The average molecular weight is 304 g/mol. The second kappa shape index (κ2) is 6.84. The maximum absolute atomic E-state index is 13.8. The lowest BCUT2D eigenvalue weighted by Gasteiger charge is -2.07. The van der Waals surface area contributed by atoms with E-state index in [4.69, 9.17) is 0 Å². The van der Waals surface area contributed by atoms with E-state index in [0.717, 1.165) is 0 Å². The summed E-state index contributed by atoms with van der Waals surface area (Å²) in [5, 5.41) is 9.13. The van der Waals surface area contributed by atoms with Crippen LogP contribution in [-0.2, 0) is 4.79 Å². The van der Waals surface area contributed by atoms with Crippen molar-refractivity contribution in [2.45, 2.75) is 13.8 Å². The third-order valence-electron chi connectivity index (χ3n) is 3.12. The molecule has 2 rings (SSSR count). The molecule has 0 fully saturated rings. The van der Waals surface area contributed by atoms with Crippen molar-refractivity contribution < 1.29 is 14.0 Å². The number of hydrogen-bond donors (Lipinski definition) is 2. The van der Waals surface area contributed by atoms with Gasteiger partial charge in [-0.15, -0.1) is 0 Å². The Bertz CT molecular complexity index is 697. The molecule has 0 bridgehead atoms. The molecule has 0 aliphatic carbocycles. The average Bonchev–Trinajstić information content (AvgIpc) is 2.87. The van der Waals surface area contributed by atoms with Gasteiger partial charge in [0.15, 0.2) is 0 Å². The van der Waals surface area contributed by atoms with Gasteiger partial charge in [-0.1, -0.05) is 12.1 Å². The van der Waals surface area contributed by atoms with E-state index in [1.165, 1.54) is 16.9 Å². The topological polar surface area (TPSA) is 76.0 Å². The number of halogens is 1. The molecule has 2 N–H and O–H groups in total. The van der Waals surface area contributed by atoms with Gasteiger partial charge in [-0.2, -0.15) is 5.10 Å². The standard InChI is InChI=1S/C15H17FN4O2/c1-3-17-14(21)9-18-15(22)11-8-19-20(10(11)2)13-7-5-4-6-12(13)16/h4-8H,3,9H2,1-2H3,(H,17,21)(H,18,22). The number of benzene rings is 1. The van der Waals surface area contributed by atoms with Crippen LogP contribution in [0.25, 0.3) is 5.69 Å². The lowest BCUT2D eigenvalue weighted by atomic mass is 10.2. The van der Waals surface area contributed by atoms with E-state index in [2.05, 4.69) is 15.7 Å². The van der Waals surface area contributed by atoms with Gasteiger partial charge >= 0.3 is 0 Å². The molecule has 2 aromatic rings. The van der Waals surface area contributed by atoms with Crippen LogP contribution in [-0.4, -0.2) is 34.7 Å². The van der Waals surface area contributed by atoms with Crippen molar-refractivity contribution in [3.05, 3.63) is 47.5 Å². The van der Waals surface area contributed by atoms with Gasteiger partial charge in [-0.25, -0.2) is 9.07 Å². The lowest BCUT2D eigenvalue weighted by Crippen LogP contribution is -2.36. The van der Waals surface area contributed by atoms with Crippen molar-refractivity contribution in [1.82, 2.24) is 20.4 Å². The van der Waals surface area contributed by atoms with Gasteiger partial charge in [-0.05, 0) is 26.0 Å². The Hall–Kier alpha value is -2.70. The fourth-order valence-electron chi connectivity index (χ4n) is 2.01. The third kappa shape index (κ3) is 3.30. The molecular formula is C15H17FN4O2. The Balaban J connectivity index is 2.16. The van der Waals surface area contributed by atoms with E-state index in [0.29, 0.717) is 17.8 Å². The number of hydrogen-bond acceptors (Lipinski definition) is 3. The molecule has 2 amide bonds. The zero-order valence-electron chi connectivity index (χ0n) is 12.4. The first-order valence-electron chi connectivity index (χ1n) is 6.89. The Morgan fingerprint density at radius 2 is 2.00 bits per heavy atom. The normalized spacial score (nSPS) is 10.3. The van der Waals surface area contributed by atoms with E-state index >= 15 is 0 Å². The number of nitrogens with zero attached hydrogens (tertiary/aromatic N) is 2. The summed E-state index contributed by atoms with van der Waals surface area (Å²) >= 11 is 0. The maximum Gasteiger partial charge on any atom is 0.255 e. The predicted octanol–water partition coefficient (Wildman–Crippen LogP) is 1.19. The first-order chi connectivity index (χ1) is 10.5. The Labute approximate surface area is 127 Å². The molecule has 0 saturated heterocycles. The van der Waals surface area contributed by atoms with Crippen LogP contribution in [0.5, 0.6) is 0 Å². The highest BCUT2D eigenvalue weighted by molar-refractivity contribution is 5.97. The summed E-state index contributed by atoms with van der Waals surface area (Å²) in [6, 6.07) is 6.17. The molecule has 7 heteroatoms. The van der Waals surface area contributed by atoms with Crippen molar-refractivity contribution in [2.75, 3.05) is 13.1 Å². The van der Waals surface area contributed by atoms with Crippen LogP contribution in [0, 0.1) is 12.7 Å². The van der Waals surface area contributed by atoms with Gasteiger partial charge in [0.05, 0.1) is 24.0 Å². The van der Waals surface area contributed by atoms with Crippen molar-refractivity contribution in [3.63, 3.8) is 0 Å². The molecule has 0 spiro atoms. The van der Waals surface area contributed by atoms with Crippen LogP contribution in [0.4, 0.5) is 4.39 Å². The number of amides is 2. The van der Waals surface area contributed by atoms with Gasteiger partial charge < -0.3 is 10.6 Å². The van der Waals surface area contributed by atoms with E-state index in [9.17, 15) is 14.0 Å². The first-order valence-corrected chi connectivity index (χ1v) is 6.89. The third-order valence-corrected chi connectivity index (χ3v) is 3.12. The number of carbonyl (C=O) groups is 2. The molecule has 0 unspecified atom stereocenters. The molecule has 6 nitrogen and oxygen atoms in total. The Morgan fingerprint density at radius 1 is 1.27 bits per heavy atom. The zero-order chi connectivity index (χ0) is 16.1. The molecule has 116 valence electrons. The summed E-state index contributed by atoms with van der Waals surface area (Å²) in [7, 11) is 0. The number of rotatable bonds is 5.